The molecule has 5 amide bonds. The molecule has 20 nitrogen and oxygen atoms in total. The van der Waals surface area contributed by atoms with Crippen LogP contribution in [0.5, 0.6) is 0 Å². The standard InChI is InChI=1S/C78H98ClF3N10O10S4/c1-51(53-18-20-55(21-19-53)71-52(2)83-50-104-71)84-74(97)67-44-62(93)48-92(67)75(98)72(76(3,4)5)86-69(94)16-12-13-17-70(95)91-38-34-60(35-39-91)88(8)37-33-59(49-103-63-14-10-9-11-15-63)85-66-31-30-64(45-68(66)105(99,100)78(80,81)82)106(101,102)87-73(96)56-24-28-61(29-25-56)90-42-40-89(41-43-90)47-57-46-77(6,7)36-32-65(57)54-22-26-58(79)27-23-54/h9-11,14-15,18-31,45,50-51,59-60,62,67,72,85,93H,12-13,16-17,32-44,46-49H2,1-8H3,(H,84,97)(H,86,94)(H,87,96)/t51-,59+,62+,67-,72+/m0/s1. The van der Waals surface area contributed by atoms with Gasteiger partial charge in [0.1, 0.15) is 17.0 Å². The fraction of sp³-hybridized carbons (Fsp3) is 0.487. The highest BCUT2D eigenvalue weighted by Gasteiger charge is 2.49. The van der Waals surface area contributed by atoms with Gasteiger partial charge >= 0.3 is 5.51 Å². The molecule has 3 saturated heterocycles. The number of anilines is 2. The number of piperazine rings is 1. The minimum atomic E-state index is -6.19. The molecule has 5 atom stereocenters. The first kappa shape index (κ1) is 81.2. The molecule has 0 saturated carbocycles. The molecule has 0 unspecified atom stereocenters. The zero-order valence-electron chi connectivity index (χ0n) is 61.4. The molecule has 10 rings (SSSR count). The molecular weight excluding hydrogens is 1460 g/mol. The highest BCUT2D eigenvalue weighted by atomic mass is 35.5. The van der Waals surface area contributed by atoms with E-state index in [2.05, 4.69) is 61.6 Å². The number of allylic oxidation sites excluding steroid dienone is 1. The molecule has 4 heterocycles. The number of nitrogens with one attached hydrogen (secondary N) is 4. The van der Waals surface area contributed by atoms with E-state index in [1.807, 2.05) is 113 Å². The maximum absolute atomic E-state index is 14.6. The molecule has 572 valence electrons. The van der Waals surface area contributed by atoms with E-state index in [0.29, 0.717) is 75.9 Å². The van der Waals surface area contributed by atoms with Crippen LogP contribution >= 0.6 is 34.7 Å². The summed E-state index contributed by atoms with van der Waals surface area (Å²) in [6, 6.07) is 30.8. The van der Waals surface area contributed by atoms with Gasteiger partial charge in [0.25, 0.3) is 25.8 Å². The number of β-amino-alcohol motifs (C(OH)–C–C–N with tert-alkyl or cyclic N) is 1. The number of carbonyl (C=O) groups excluding carboxylic acids is 5. The Morgan fingerprint density at radius 3 is 2.13 bits per heavy atom. The van der Waals surface area contributed by atoms with Crippen molar-refractivity contribution in [3.63, 3.8) is 0 Å². The predicted molar refractivity (Wildman–Crippen MR) is 412 cm³/mol. The fourth-order valence-corrected chi connectivity index (χ4v) is 18.3. The first-order valence-electron chi connectivity index (χ1n) is 36.2. The highest BCUT2D eigenvalue weighted by Crippen LogP contribution is 2.44. The zero-order chi connectivity index (χ0) is 76.5. The number of hydrogen-bond acceptors (Lipinski definition) is 17. The predicted octanol–water partition coefficient (Wildman–Crippen LogP) is 12.8. The number of carbonyl (C=O) groups is 5. The lowest BCUT2D eigenvalue weighted by atomic mass is 9.73. The molecule has 3 fully saturated rings. The summed E-state index contributed by atoms with van der Waals surface area (Å²) in [6.07, 6.45) is 4.71. The number of aliphatic hydroxyl groups excluding tert-OH is 1. The molecule has 5 N–H and O–H groups in total. The third-order valence-electron chi connectivity index (χ3n) is 20.7. The molecule has 1 aromatic heterocycles. The average Bonchev–Trinajstić information content (AvgIpc) is 0.870. The van der Waals surface area contributed by atoms with Gasteiger partial charge < -0.3 is 40.7 Å². The fourth-order valence-electron chi connectivity index (χ4n) is 14.4. The average molecular weight is 1560 g/mol. The molecule has 5 aromatic carbocycles. The van der Waals surface area contributed by atoms with Gasteiger partial charge in [0, 0.05) is 117 Å². The molecular formula is C78H98ClF3N10O10S4. The van der Waals surface area contributed by atoms with Crippen LogP contribution in [0.3, 0.4) is 0 Å². The number of likely N-dealkylation sites (tertiary alicyclic amines) is 2. The third kappa shape index (κ3) is 20.9. The minimum Gasteiger partial charge on any atom is -0.391 e. The Morgan fingerprint density at radius 2 is 1.49 bits per heavy atom. The van der Waals surface area contributed by atoms with Crippen LogP contribution in [-0.2, 0) is 39.0 Å². The second kappa shape index (κ2) is 34.9. The van der Waals surface area contributed by atoms with Gasteiger partial charge in [0.2, 0.25) is 23.6 Å². The smallest absolute Gasteiger partial charge is 0.391 e. The lowest BCUT2D eigenvalue weighted by molar-refractivity contribution is -0.144. The van der Waals surface area contributed by atoms with Crippen molar-refractivity contribution in [2.24, 2.45) is 10.8 Å². The van der Waals surface area contributed by atoms with E-state index in [4.69, 9.17) is 11.6 Å². The number of unbranched alkanes of at least 4 members (excludes halogenated alkanes) is 1. The van der Waals surface area contributed by atoms with Crippen LogP contribution in [0, 0.1) is 17.8 Å². The van der Waals surface area contributed by atoms with Gasteiger partial charge in [-0.3, -0.25) is 28.9 Å². The van der Waals surface area contributed by atoms with Crippen molar-refractivity contribution >= 4 is 101 Å². The van der Waals surface area contributed by atoms with Crippen LogP contribution in [0.4, 0.5) is 24.5 Å². The number of alkyl halides is 3. The van der Waals surface area contributed by atoms with Crippen LogP contribution in [0.15, 0.2) is 147 Å². The molecule has 106 heavy (non-hydrogen) atoms. The van der Waals surface area contributed by atoms with Crippen molar-refractivity contribution in [2.45, 2.75) is 176 Å². The number of halogens is 4. The lowest BCUT2D eigenvalue weighted by Crippen LogP contribution is -2.57. The van der Waals surface area contributed by atoms with E-state index in [1.165, 1.54) is 45.5 Å². The number of aliphatic hydroxyl groups is 1. The Morgan fingerprint density at radius 1 is 0.830 bits per heavy atom. The van der Waals surface area contributed by atoms with E-state index in [0.717, 1.165) is 83.3 Å². The van der Waals surface area contributed by atoms with E-state index in [1.54, 1.807) is 33.9 Å². The summed E-state index contributed by atoms with van der Waals surface area (Å²) in [4.78, 5) is 82.8. The number of sulfone groups is 1. The number of hydrogen-bond donors (Lipinski definition) is 5. The van der Waals surface area contributed by atoms with Gasteiger partial charge in [-0.2, -0.15) is 13.2 Å². The number of piperidine rings is 1. The van der Waals surface area contributed by atoms with Crippen LogP contribution in [0.2, 0.25) is 5.02 Å². The Balaban J connectivity index is 0.698. The first-order chi connectivity index (χ1) is 50.1. The van der Waals surface area contributed by atoms with E-state index in [-0.39, 0.29) is 60.4 Å². The number of amides is 5. The quantitative estimate of drug-likeness (QED) is 0.0226. The SMILES string of the molecule is Cc1ncsc1-c1ccc([C@H](C)NC(=O)[C@@H]2C[C@@H](O)CN2C(=O)[C@@H](NC(=O)CCCCC(=O)N2CCC(N(C)CC[C@H](CSc3ccccc3)Nc3ccc(S(=O)(=O)NC(=O)c4ccc(N5CCN(CC6=C(c7ccc(Cl)cc7)CCC(C)(C)C6)CC5)cc4)cc3S(=O)(=O)C(F)(F)F)CC2)C(C)(C)C)cc1. The van der Waals surface area contributed by atoms with Crippen LogP contribution in [0.25, 0.3) is 16.0 Å². The molecule has 28 heteroatoms. The molecule has 0 spiro atoms. The van der Waals surface area contributed by atoms with Crippen molar-refractivity contribution in [3.8, 4) is 10.4 Å². The van der Waals surface area contributed by atoms with Crippen molar-refractivity contribution in [2.75, 3.05) is 81.9 Å². The maximum Gasteiger partial charge on any atom is 0.501 e. The summed E-state index contributed by atoms with van der Waals surface area (Å²) in [6.45, 7) is 18.9. The van der Waals surface area contributed by atoms with Crippen molar-refractivity contribution in [1.82, 2.24) is 39.9 Å². The lowest BCUT2D eigenvalue weighted by Gasteiger charge is -2.39. The summed E-state index contributed by atoms with van der Waals surface area (Å²) in [5.41, 5.74) is 2.49. The highest BCUT2D eigenvalue weighted by molar-refractivity contribution is 7.99. The van der Waals surface area contributed by atoms with Gasteiger partial charge in [-0.15, -0.1) is 23.1 Å². The van der Waals surface area contributed by atoms with Crippen molar-refractivity contribution in [1.29, 1.82) is 0 Å². The van der Waals surface area contributed by atoms with Gasteiger partial charge in [0.15, 0.2) is 0 Å². The number of sulfonamides is 1. The van der Waals surface area contributed by atoms with Gasteiger partial charge in [-0.05, 0) is 172 Å². The molecule has 6 aromatic rings. The second-order valence-electron chi connectivity index (χ2n) is 30.2. The number of thiazole rings is 1. The zero-order valence-corrected chi connectivity index (χ0v) is 65.4. The molecule has 1 aliphatic carbocycles. The summed E-state index contributed by atoms with van der Waals surface area (Å²) >= 11 is 9.17. The van der Waals surface area contributed by atoms with Crippen molar-refractivity contribution in [3.05, 3.63) is 160 Å². The van der Waals surface area contributed by atoms with E-state index < -0.39 is 94.3 Å². The van der Waals surface area contributed by atoms with E-state index >= 15 is 0 Å². The maximum atomic E-state index is 14.6. The van der Waals surface area contributed by atoms with Crippen LogP contribution in [0.1, 0.15) is 145 Å². The molecule has 4 aliphatic rings. The van der Waals surface area contributed by atoms with Crippen LogP contribution in [-0.4, -0.2) is 184 Å². The van der Waals surface area contributed by atoms with Gasteiger partial charge in [-0.25, -0.2) is 26.5 Å². The number of rotatable bonds is 28. The van der Waals surface area contributed by atoms with Crippen LogP contribution < -0.4 is 25.6 Å². The molecule has 0 radical (unpaired) electrons. The first-order valence-corrected chi connectivity index (χ1v) is 41.4. The Labute approximate surface area is 634 Å². The number of aromatic nitrogens is 1. The Hall–Kier alpha value is -7.37. The van der Waals surface area contributed by atoms with E-state index in [9.17, 15) is 59.1 Å². The Kier molecular flexibility index (Phi) is 26.7. The summed E-state index contributed by atoms with van der Waals surface area (Å²) in [7, 11) is -9.23. The third-order valence-corrected chi connectivity index (χ3v) is 25.9. The summed E-state index contributed by atoms with van der Waals surface area (Å²) in [5, 5.41) is 20.4. The number of aryl methyl sites for hydroxylation is 1. The Bertz CT molecular complexity index is 4340. The topological polar surface area (TPSA) is 251 Å². The molecule has 3 aliphatic heterocycles. The van der Waals surface area contributed by atoms with Crippen molar-refractivity contribution < 1.29 is 59.1 Å². The normalized spacial score (nSPS) is 18.7. The van der Waals surface area contributed by atoms with Gasteiger partial charge in [-0.1, -0.05) is 106 Å². The number of thioether (sulfide) groups is 1. The van der Waals surface area contributed by atoms with Gasteiger partial charge in [0.05, 0.1) is 38.8 Å². The minimum absolute atomic E-state index is 0.00677. The second-order valence-corrected chi connectivity index (χ2v) is 36.2. The monoisotopic (exact) mass is 1550 g/mol. The molecule has 0 bridgehead atoms. The number of nitrogens with zero attached hydrogens (tertiary/aromatic N) is 6. The number of benzene rings is 5. The summed E-state index contributed by atoms with van der Waals surface area (Å²) in [5.74, 6) is -2.16. The largest absolute Gasteiger partial charge is 0.501 e. The summed E-state index contributed by atoms with van der Waals surface area (Å²) < 4.78 is 101.